The summed E-state index contributed by atoms with van der Waals surface area (Å²) < 4.78 is 0. The molecule has 1 amide bonds. The second-order valence-electron chi connectivity index (χ2n) is 3.60. The number of hydrogen-bond donors (Lipinski definition) is 2. The van der Waals surface area contributed by atoms with Gasteiger partial charge in [-0.25, -0.2) is 9.78 Å². The van der Waals surface area contributed by atoms with E-state index in [1.165, 1.54) is 34.9 Å². The molecule has 0 aliphatic heterocycles. The lowest BCUT2D eigenvalue weighted by Crippen LogP contribution is -2.09. The van der Waals surface area contributed by atoms with Crippen LogP contribution in [0.25, 0.3) is 6.08 Å². The maximum atomic E-state index is 11.9. The first-order chi connectivity index (χ1) is 9.04. The lowest BCUT2D eigenvalue weighted by atomic mass is 10.4. The standard InChI is InChI=1S/C12H10N2O3S2/c1-7-2-4-9(18-7)11(17)14-12-13-6-8(19-12)3-5-10(15)16/h2-6H,1H3,(H,15,16)(H,13,14,17)/b5-3+. The monoisotopic (exact) mass is 294 g/mol. The fourth-order valence-corrected chi connectivity index (χ4v) is 2.77. The molecule has 0 bridgehead atoms. The molecule has 0 radical (unpaired) electrons. The van der Waals surface area contributed by atoms with Crippen LogP contribution in [-0.4, -0.2) is 22.0 Å². The minimum absolute atomic E-state index is 0.207. The predicted molar refractivity (Wildman–Crippen MR) is 75.8 cm³/mol. The van der Waals surface area contributed by atoms with E-state index in [0.717, 1.165) is 11.0 Å². The van der Waals surface area contributed by atoms with Gasteiger partial charge in [0.2, 0.25) is 0 Å². The number of hydrogen-bond acceptors (Lipinski definition) is 5. The number of thiophene rings is 1. The largest absolute Gasteiger partial charge is 0.478 e. The smallest absolute Gasteiger partial charge is 0.328 e. The van der Waals surface area contributed by atoms with Crippen LogP contribution in [0, 0.1) is 6.92 Å². The van der Waals surface area contributed by atoms with Crippen LogP contribution in [-0.2, 0) is 4.79 Å². The van der Waals surface area contributed by atoms with Gasteiger partial charge in [0.05, 0.1) is 4.88 Å². The summed E-state index contributed by atoms with van der Waals surface area (Å²) >= 11 is 2.63. The van der Waals surface area contributed by atoms with Crippen LogP contribution >= 0.6 is 22.7 Å². The molecule has 2 heterocycles. The molecule has 0 aliphatic carbocycles. The molecular weight excluding hydrogens is 284 g/mol. The molecule has 0 atom stereocenters. The number of amides is 1. The van der Waals surface area contributed by atoms with E-state index in [0.29, 0.717) is 14.9 Å². The minimum atomic E-state index is -1.02. The van der Waals surface area contributed by atoms with Crippen molar-refractivity contribution in [2.45, 2.75) is 6.92 Å². The predicted octanol–water partition coefficient (Wildman–Crippen LogP) is 2.86. The molecule has 0 saturated heterocycles. The Bertz CT molecular complexity index is 643. The van der Waals surface area contributed by atoms with Crippen molar-refractivity contribution in [2.75, 3.05) is 5.32 Å². The first-order valence-corrected chi connectivity index (χ1v) is 6.92. The van der Waals surface area contributed by atoms with E-state index >= 15 is 0 Å². The van der Waals surface area contributed by atoms with Gasteiger partial charge in [0, 0.05) is 22.0 Å². The number of carbonyl (C=O) groups excluding carboxylic acids is 1. The average molecular weight is 294 g/mol. The van der Waals surface area contributed by atoms with Gasteiger partial charge in [-0.15, -0.1) is 11.3 Å². The van der Waals surface area contributed by atoms with E-state index in [4.69, 9.17) is 5.11 Å². The number of thiazole rings is 1. The van der Waals surface area contributed by atoms with Crippen molar-refractivity contribution in [2.24, 2.45) is 0 Å². The summed E-state index contributed by atoms with van der Waals surface area (Å²) in [5, 5.41) is 11.6. The molecule has 2 aromatic rings. The van der Waals surface area contributed by atoms with Gasteiger partial charge in [-0.05, 0) is 25.1 Å². The Hall–Kier alpha value is -1.99. The summed E-state index contributed by atoms with van der Waals surface area (Å²) in [6.45, 7) is 1.93. The number of nitrogens with zero attached hydrogens (tertiary/aromatic N) is 1. The van der Waals surface area contributed by atoms with Crippen LogP contribution in [0.3, 0.4) is 0 Å². The molecule has 0 spiro atoms. The summed E-state index contributed by atoms with van der Waals surface area (Å²) in [6, 6.07) is 3.64. The number of anilines is 1. The number of nitrogens with one attached hydrogen (secondary N) is 1. The van der Waals surface area contributed by atoms with E-state index in [-0.39, 0.29) is 5.91 Å². The SMILES string of the molecule is Cc1ccc(C(=O)Nc2ncc(/C=C/C(=O)O)s2)s1. The molecule has 0 unspecified atom stereocenters. The van der Waals surface area contributed by atoms with Gasteiger partial charge >= 0.3 is 5.97 Å². The summed E-state index contributed by atoms with van der Waals surface area (Å²) in [5.74, 6) is -1.23. The Balaban J connectivity index is 2.04. The van der Waals surface area contributed by atoms with Crippen LogP contribution in [0.1, 0.15) is 19.4 Å². The van der Waals surface area contributed by atoms with Gasteiger partial charge < -0.3 is 5.11 Å². The maximum absolute atomic E-state index is 11.9. The zero-order valence-electron chi connectivity index (χ0n) is 9.91. The number of carbonyl (C=O) groups is 2. The second-order valence-corrected chi connectivity index (χ2v) is 5.95. The molecule has 2 N–H and O–H groups in total. The van der Waals surface area contributed by atoms with Gasteiger partial charge in [0.1, 0.15) is 0 Å². The number of carboxylic acids is 1. The van der Waals surface area contributed by atoms with Crippen LogP contribution in [0.2, 0.25) is 0 Å². The molecule has 0 aromatic carbocycles. The zero-order valence-corrected chi connectivity index (χ0v) is 11.5. The van der Waals surface area contributed by atoms with E-state index in [1.54, 1.807) is 6.07 Å². The summed E-state index contributed by atoms with van der Waals surface area (Å²) in [7, 11) is 0. The Morgan fingerprint density at radius 2 is 2.16 bits per heavy atom. The molecule has 2 aromatic heterocycles. The summed E-state index contributed by atoms with van der Waals surface area (Å²) in [4.78, 5) is 28.6. The van der Waals surface area contributed by atoms with Crippen LogP contribution in [0.5, 0.6) is 0 Å². The number of aromatic nitrogens is 1. The number of aliphatic carboxylic acids is 1. The van der Waals surface area contributed by atoms with Crippen molar-refractivity contribution >= 4 is 45.8 Å². The summed E-state index contributed by atoms with van der Waals surface area (Å²) in [6.07, 6.45) is 3.98. The normalized spacial score (nSPS) is 10.8. The van der Waals surface area contributed by atoms with E-state index in [2.05, 4.69) is 10.3 Å². The Morgan fingerprint density at radius 1 is 1.37 bits per heavy atom. The van der Waals surface area contributed by atoms with Crippen molar-refractivity contribution in [3.63, 3.8) is 0 Å². The molecule has 0 fully saturated rings. The molecule has 0 aliphatic rings. The van der Waals surface area contributed by atoms with Gasteiger partial charge in [-0.2, -0.15) is 0 Å². The van der Waals surface area contributed by atoms with Crippen molar-refractivity contribution < 1.29 is 14.7 Å². The van der Waals surface area contributed by atoms with Gasteiger partial charge in [0.15, 0.2) is 5.13 Å². The molecular formula is C12H10N2O3S2. The third-order valence-corrected chi connectivity index (χ3v) is 3.98. The highest BCUT2D eigenvalue weighted by Crippen LogP contribution is 2.22. The topological polar surface area (TPSA) is 79.3 Å². The minimum Gasteiger partial charge on any atom is -0.478 e. The lowest BCUT2D eigenvalue weighted by molar-refractivity contribution is -0.131. The maximum Gasteiger partial charge on any atom is 0.328 e. The van der Waals surface area contributed by atoms with Crippen molar-refractivity contribution in [1.82, 2.24) is 4.98 Å². The third-order valence-electron chi connectivity index (χ3n) is 2.10. The fraction of sp³-hybridized carbons (Fsp3) is 0.0833. The quantitative estimate of drug-likeness (QED) is 0.850. The fourth-order valence-electron chi connectivity index (χ4n) is 1.29. The van der Waals surface area contributed by atoms with E-state index < -0.39 is 5.97 Å². The highest BCUT2D eigenvalue weighted by Gasteiger charge is 2.10. The van der Waals surface area contributed by atoms with Crippen molar-refractivity contribution in [3.05, 3.63) is 39.0 Å². The zero-order chi connectivity index (χ0) is 13.8. The van der Waals surface area contributed by atoms with Gasteiger partial charge in [-0.3, -0.25) is 10.1 Å². The van der Waals surface area contributed by atoms with Gasteiger partial charge in [-0.1, -0.05) is 11.3 Å². The Labute approximate surface area is 117 Å². The van der Waals surface area contributed by atoms with Crippen LogP contribution in [0.4, 0.5) is 5.13 Å². The van der Waals surface area contributed by atoms with Crippen LogP contribution < -0.4 is 5.32 Å². The van der Waals surface area contributed by atoms with Crippen LogP contribution in [0.15, 0.2) is 24.4 Å². The lowest BCUT2D eigenvalue weighted by Gasteiger charge is -1.97. The molecule has 0 saturated carbocycles. The first-order valence-electron chi connectivity index (χ1n) is 5.29. The Kier molecular flexibility index (Phi) is 4.08. The molecule has 7 heteroatoms. The van der Waals surface area contributed by atoms with E-state index in [1.807, 2.05) is 13.0 Å². The number of carboxylic acid groups (broad SMARTS) is 1. The summed E-state index contributed by atoms with van der Waals surface area (Å²) in [5.41, 5.74) is 0. The number of aryl methyl sites for hydroxylation is 1. The molecule has 19 heavy (non-hydrogen) atoms. The molecule has 2 rings (SSSR count). The first kappa shape index (κ1) is 13.4. The van der Waals surface area contributed by atoms with Crippen molar-refractivity contribution in [1.29, 1.82) is 0 Å². The number of rotatable bonds is 4. The highest BCUT2D eigenvalue weighted by atomic mass is 32.1. The molecule has 98 valence electrons. The average Bonchev–Trinajstić information content (AvgIpc) is 2.95. The van der Waals surface area contributed by atoms with E-state index in [9.17, 15) is 9.59 Å². The second kappa shape index (κ2) is 5.77. The Morgan fingerprint density at radius 3 is 2.79 bits per heavy atom. The van der Waals surface area contributed by atoms with Crippen molar-refractivity contribution in [3.8, 4) is 0 Å². The molecule has 5 nitrogen and oxygen atoms in total. The highest BCUT2D eigenvalue weighted by molar-refractivity contribution is 7.17. The van der Waals surface area contributed by atoms with Gasteiger partial charge in [0.25, 0.3) is 5.91 Å². The third kappa shape index (κ3) is 3.73.